The van der Waals surface area contributed by atoms with Gasteiger partial charge in [0, 0.05) is 30.6 Å². The molecule has 0 atom stereocenters. The molecule has 0 unspecified atom stereocenters. The van der Waals surface area contributed by atoms with Gasteiger partial charge in [-0.1, -0.05) is 29.8 Å². The normalized spacial score (nSPS) is 10.4. The molecule has 2 rings (SSSR count). The zero-order chi connectivity index (χ0) is 18.2. The number of methoxy groups -OCH3 is 1. The van der Waals surface area contributed by atoms with Gasteiger partial charge >= 0.3 is 0 Å². The Bertz CT molecular complexity index is 718. The molecule has 4 nitrogen and oxygen atoms in total. The predicted octanol–water partition coefficient (Wildman–Crippen LogP) is 4.34. The second-order valence-corrected chi connectivity index (χ2v) is 6.18. The summed E-state index contributed by atoms with van der Waals surface area (Å²) in [7, 11) is 3.40. The minimum absolute atomic E-state index is 0.0633. The molecule has 25 heavy (non-hydrogen) atoms. The number of benzene rings is 2. The van der Waals surface area contributed by atoms with Gasteiger partial charge in [0.1, 0.15) is 11.5 Å². The number of hydrogen-bond donors (Lipinski definition) is 0. The molecule has 0 spiro atoms. The molecule has 0 heterocycles. The van der Waals surface area contributed by atoms with Crippen LogP contribution in [-0.2, 0) is 17.8 Å². The van der Waals surface area contributed by atoms with Gasteiger partial charge in [0.25, 0.3) is 0 Å². The quantitative estimate of drug-likeness (QED) is 0.702. The van der Waals surface area contributed by atoms with Crippen molar-refractivity contribution < 1.29 is 14.3 Å². The van der Waals surface area contributed by atoms with Crippen LogP contribution in [0.15, 0.2) is 42.5 Å². The minimum atomic E-state index is 0.0633. The molecular formula is C20H24ClNO3. The van der Waals surface area contributed by atoms with E-state index in [4.69, 9.17) is 21.1 Å². The van der Waals surface area contributed by atoms with Crippen LogP contribution in [0.1, 0.15) is 24.5 Å². The molecule has 134 valence electrons. The summed E-state index contributed by atoms with van der Waals surface area (Å²) in [5, 5.41) is 0.627. The first-order valence-corrected chi connectivity index (χ1v) is 8.70. The van der Waals surface area contributed by atoms with E-state index >= 15 is 0 Å². The van der Waals surface area contributed by atoms with Crippen molar-refractivity contribution in [2.45, 2.75) is 26.3 Å². The average molecular weight is 362 g/mol. The van der Waals surface area contributed by atoms with E-state index in [9.17, 15) is 4.79 Å². The molecule has 0 fully saturated rings. The number of amides is 1. The number of aryl methyl sites for hydroxylation is 1. The summed E-state index contributed by atoms with van der Waals surface area (Å²) in [5.41, 5.74) is 1.94. The third-order valence-corrected chi connectivity index (χ3v) is 4.19. The zero-order valence-electron chi connectivity index (χ0n) is 14.9. The number of hydrogen-bond acceptors (Lipinski definition) is 3. The van der Waals surface area contributed by atoms with E-state index in [1.807, 2.05) is 43.3 Å². The van der Waals surface area contributed by atoms with Gasteiger partial charge < -0.3 is 14.4 Å². The van der Waals surface area contributed by atoms with E-state index in [0.717, 1.165) is 22.6 Å². The fourth-order valence-corrected chi connectivity index (χ4v) is 2.85. The number of carbonyl (C=O) groups is 1. The summed E-state index contributed by atoms with van der Waals surface area (Å²) < 4.78 is 11.0. The average Bonchev–Trinajstić information content (AvgIpc) is 2.61. The van der Waals surface area contributed by atoms with Crippen LogP contribution >= 0.6 is 11.6 Å². The van der Waals surface area contributed by atoms with Crippen molar-refractivity contribution in [3.8, 4) is 11.5 Å². The lowest BCUT2D eigenvalue weighted by Gasteiger charge is -2.19. The molecule has 0 aromatic heterocycles. The van der Waals surface area contributed by atoms with Crippen molar-refractivity contribution in [3.05, 3.63) is 58.6 Å². The molecular weight excluding hydrogens is 338 g/mol. The first-order valence-electron chi connectivity index (χ1n) is 8.32. The van der Waals surface area contributed by atoms with Crippen molar-refractivity contribution in [2.24, 2.45) is 0 Å². The Hall–Kier alpha value is -2.20. The van der Waals surface area contributed by atoms with Gasteiger partial charge in [-0.3, -0.25) is 4.79 Å². The van der Waals surface area contributed by atoms with E-state index in [-0.39, 0.29) is 5.91 Å². The van der Waals surface area contributed by atoms with Crippen LogP contribution in [0.2, 0.25) is 5.02 Å². The maximum absolute atomic E-state index is 12.5. The van der Waals surface area contributed by atoms with Crippen LogP contribution in [-0.4, -0.2) is 31.6 Å². The van der Waals surface area contributed by atoms with Crippen LogP contribution in [0.4, 0.5) is 0 Å². The van der Waals surface area contributed by atoms with Gasteiger partial charge in [0.15, 0.2) is 0 Å². The number of nitrogens with zero attached hydrogens (tertiary/aromatic N) is 1. The lowest BCUT2D eigenvalue weighted by molar-refractivity contribution is -0.130. The fourth-order valence-electron chi connectivity index (χ4n) is 2.65. The van der Waals surface area contributed by atoms with Crippen LogP contribution in [0.3, 0.4) is 0 Å². The van der Waals surface area contributed by atoms with Gasteiger partial charge in [-0.2, -0.15) is 0 Å². The monoisotopic (exact) mass is 361 g/mol. The number of halogens is 1. The number of ether oxygens (including phenoxy) is 2. The topological polar surface area (TPSA) is 38.8 Å². The van der Waals surface area contributed by atoms with Crippen LogP contribution in [0.5, 0.6) is 11.5 Å². The first-order chi connectivity index (χ1) is 12.0. The molecule has 0 aliphatic rings. The van der Waals surface area contributed by atoms with E-state index < -0.39 is 0 Å². The van der Waals surface area contributed by atoms with Crippen LogP contribution in [0.25, 0.3) is 0 Å². The lowest BCUT2D eigenvalue weighted by Crippen LogP contribution is -2.26. The fraction of sp³-hybridized carbons (Fsp3) is 0.350. The molecule has 1 amide bonds. The Labute approximate surface area is 154 Å². The highest BCUT2D eigenvalue weighted by molar-refractivity contribution is 6.30. The summed E-state index contributed by atoms with van der Waals surface area (Å²) in [6.07, 6.45) is 1.06. The Morgan fingerprint density at radius 2 is 1.88 bits per heavy atom. The maximum Gasteiger partial charge on any atom is 0.222 e. The Morgan fingerprint density at radius 1 is 1.12 bits per heavy atom. The first kappa shape index (κ1) is 19.1. The Kier molecular flexibility index (Phi) is 7.14. The van der Waals surface area contributed by atoms with Crippen molar-refractivity contribution in [1.29, 1.82) is 0 Å². The molecule has 2 aromatic carbocycles. The van der Waals surface area contributed by atoms with Gasteiger partial charge in [-0.05, 0) is 43.2 Å². The standard InChI is InChI=1S/C20H24ClNO3/c1-4-25-19-8-6-5-7-15(19)9-12-20(23)22(2)14-16-13-17(21)10-11-18(16)24-3/h5-8,10-11,13H,4,9,12,14H2,1-3H3. The molecule has 0 saturated carbocycles. The summed E-state index contributed by atoms with van der Waals surface area (Å²) in [6, 6.07) is 13.2. The number of para-hydroxylation sites is 1. The second kappa shape index (κ2) is 9.33. The van der Waals surface area contributed by atoms with Gasteiger partial charge in [-0.15, -0.1) is 0 Å². The summed E-state index contributed by atoms with van der Waals surface area (Å²) in [5.74, 6) is 1.64. The third kappa shape index (κ3) is 5.40. The number of rotatable bonds is 8. The highest BCUT2D eigenvalue weighted by atomic mass is 35.5. The SMILES string of the molecule is CCOc1ccccc1CCC(=O)N(C)Cc1cc(Cl)ccc1OC. The van der Waals surface area contributed by atoms with Gasteiger partial charge in [0.2, 0.25) is 5.91 Å². The largest absolute Gasteiger partial charge is 0.496 e. The summed E-state index contributed by atoms with van der Waals surface area (Å²) in [6.45, 7) is 3.02. The highest BCUT2D eigenvalue weighted by Gasteiger charge is 2.14. The second-order valence-electron chi connectivity index (χ2n) is 5.75. The predicted molar refractivity (Wildman–Crippen MR) is 100 cm³/mol. The molecule has 0 aliphatic heterocycles. The molecule has 0 radical (unpaired) electrons. The lowest BCUT2D eigenvalue weighted by atomic mass is 10.1. The van der Waals surface area contributed by atoms with Crippen LogP contribution < -0.4 is 9.47 Å². The van der Waals surface area contributed by atoms with Crippen molar-refractivity contribution in [2.75, 3.05) is 20.8 Å². The molecule has 0 aliphatic carbocycles. The van der Waals surface area contributed by atoms with Gasteiger partial charge in [-0.25, -0.2) is 0 Å². The Balaban J connectivity index is 1.98. The van der Waals surface area contributed by atoms with E-state index in [1.54, 1.807) is 25.1 Å². The third-order valence-electron chi connectivity index (χ3n) is 3.96. The smallest absolute Gasteiger partial charge is 0.222 e. The molecule has 0 saturated heterocycles. The van der Waals surface area contributed by atoms with Gasteiger partial charge in [0.05, 0.1) is 13.7 Å². The minimum Gasteiger partial charge on any atom is -0.496 e. The molecule has 2 aromatic rings. The van der Waals surface area contributed by atoms with Crippen molar-refractivity contribution >= 4 is 17.5 Å². The van der Waals surface area contributed by atoms with Crippen LogP contribution in [0, 0.1) is 0 Å². The maximum atomic E-state index is 12.5. The zero-order valence-corrected chi connectivity index (χ0v) is 15.7. The summed E-state index contributed by atoms with van der Waals surface area (Å²) >= 11 is 6.05. The van der Waals surface area contributed by atoms with Crippen molar-refractivity contribution in [1.82, 2.24) is 4.90 Å². The summed E-state index contributed by atoms with van der Waals surface area (Å²) in [4.78, 5) is 14.2. The molecule has 5 heteroatoms. The van der Waals surface area contributed by atoms with E-state index in [0.29, 0.717) is 31.0 Å². The molecule has 0 bridgehead atoms. The number of carbonyl (C=O) groups excluding carboxylic acids is 1. The molecule has 0 N–H and O–H groups in total. The Morgan fingerprint density at radius 3 is 2.60 bits per heavy atom. The van der Waals surface area contributed by atoms with E-state index in [1.165, 1.54) is 0 Å². The highest BCUT2D eigenvalue weighted by Crippen LogP contribution is 2.24. The van der Waals surface area contributed by atoms with E-state index in [2.05, 4.69) is 0 Å². The van der Waals surface area contributed by atoms with Crippen molar-refractivity contribution in [3.63, 3.8) is 0 Å².